The molecule has 3 rings (SSSR count). The van der Waals surface area contributed by atoms with Gasteiger partial charge in [-0.25, -0.2) is 4.79 Å². The van der Waals surface area contributed by atoms with Crippen molar-refractivity contribution in [1.29, 1.82) is 0 Å². The maximum Gasteiger partial charge on any atom is 0.341 e. The molecule has 1 N–H and O–H groups in total. The molecule has 6 nitrogen and oxygen atoms in total. The van der Waals surface area contributed by atoms with Gasteiger partial charge in [-0.3, -0.25) is 9.59 Å². The fourth-order valence-electron chi connectivity index (χ4n) is 3.43. The van der Waals surface area contributed by atoms with Gasteiger partial charge in [0, 0.05) is 11.3 Å². The highest BCUT2D eigenvalue weighted by Gasteiger charge is 2.29. The minimum absolute atomic E-state index is 0.204. The third-order valence-corrected chi connectivity index (χ3v) is 6.15. The van der Waals surface area contributed by atoms with E-state index in [1.165, 1.54) is 18.4 Å². The molecule has 0 saturated carbocycles. The quantitative estimate of drug-likeness (QED) is 0.696. The first-order valence-corrected chi connectivity index (χ1v) is 10.5. The Hall–Kier alpha value is -2.67. The molecule has 0 unspecified atom stereocenters. The number of amides is 1. The predicted octanol–water partition coefficient (Wildman–Crippen LogP) is 3.77. The number of fused-ring (bicyclic) bond motifs is 1. The van der Waals surface area contributed by atoms with E-state index in [-0.39, 0.29) is 13.0 Å². The standard InChI is InChI=1S/C22H25NO5S/c1-14-8-10-16-17(12-14)29-21(20(16)22(26)27-2)23-18(24)13-28-19(25)11-9-15-6-4-3-5-7-15/h3-7,14H,8-13H2,1-2H3,(H,23,24)/t14-/m1/s1. The number of carbonyl (C=O) groups excluding carboxylic acids is 3. The maximum absolute atomic E-state index is 12.3. The smallest absolute Gasteiger partial charge is 0.341 e. The number of hydrogen-bond acceptors (Lipinski definition) is 6. The second-order valence-corrected chi connectivity index (χ2v) is 8.35. The summed E-state index contributed by atoms with van der Waals surface area (Å²) >= 11 is 1.41. The maximum atomic E-state index is 12.3. The van der Waals surface area contributed by atoms with Crippen LogP contribution in [0.25, 0.3) is 0 Å². The van der Waals surface area contributed by atoms with Crippen LogP contribution in [0.3, 0.4) is 0 Å². The molecule has 1 heterocycles. The zero-order valence-corrected chi connectivity index (χ0v) is 17.5. The largest absolute Gasteiger partial charge is 0.465 e. The minimum Gasteiger partial charge on any atom is -0.465 e. The highest BCUT2D eigenvalue weighted by molar-refractivity contribution is 7.17. The molecule has 0 spiro atoms. The van der Waals surface area contributed by atoms with Crippen molar-refractivity contribution < 1.29 is 23.9 Å². The first kappa shape index (κ1) is 21.0. The third kappa shape index (κ3) is 5.44. The lowest BCUT2D eigenvalue weighted by Crippen LogP contribution is -2.22. The number of carbonyl (C=O) groups is 3. The molecule has 0 fully saturated rings. The van der Waals surface area contributed by atoms with E-state index in [4.69, 9.17) is 9.47 Å². The number of benzene rings is 1. The van der Waals surface area contributed by atoms with Crippen molar-refractivity contribution in [3.05, 3.63) is 51.9 Å². The number of anilines is 1. The van der Waals surface area contributed by atoms with E-state index >= 15 is 0 Å². The number of nitrogens with one attached hydrogen (secondary N) is 1. The van der Waals surface area contributed by atoms with Crippen molar-refractivity contribution in [3.8, 4) is 0 Å². The second kappa shape index (κ2) is 9.69. The minimum atomic E-state index is -0.463. The summed E-state index contributed by atoms with van der Waals surface area (Å²) in [6.45, 7) is 1.79. The van der Waals surface area contributed by atoms with Crippen LogP contribution in [0.1, 0.15) is 46.1 Å². The molecule has 1 atom stereocenters. The molecule has 0 bridgehead atoms. The van der Waals surface area contributed by atoms with E-state index in [9.17, 15) is 14.4 Å². The number of hydrogen-bond donors (Lipinski definition) is 1. The summed E-state index contributed by atoms with van der Waals surface area (Å²) in [7, 11) is 1.33. The summed E-state index contributed by atoms with van der Waals surface area (Å²) in [4.78, 5) is 37.6. The Labute approximate surface area is 174 Å². The Morgan fingerprint density at radius 3 is 2.69 bits per heavy atom. The van der Waals surface area contributed by atoms with Gasteiger partial charge in [0.05, 0.1) is 12.7 Å². The van der Waals surface area contributed by atoms with E-state index in [1.807, 2.05) is 30.3 Å². The van der Waals surface area contributed by atoms with Gasteiger partial charge >= 0.3 is 11.9 Å². The van der Waals surface area contributed by atoms with E-state index in [0.717, 1.165) is 35.3 Å². The zero-order chi connectivity index (χ0) is 20.8. The number of thiophene rings is 1. The number of ether oxygens (including phenoxy) is 2. The van der Waals surface area contributed by atoms with Crippen LogP contribution in [0.5, 0.6) is 0 Å². The van der Waals surface area contributed by atoms with E-state index < -0.39 is 17.8 Å². The van der Waals surface area contributed by atoms with Crippen LogP contribution in [-0.2, 0) is 38.3 Å². The molecule has 1 aliphatic carbocycles. The van der Waals surface area contributed by atoms with Crippen molar-refractivity contribution >= 4 is 34.2 Å². The Kier molecular flexibility index (Phi) is 7.04. The van der Waals surface area contributed by atoms with E-state index in [0.29, 0.717) is 22.9 Å². The molecule has 154 valence electrons. The number of aryl methyl sites for hydroxylation is 1. The number of esters is 2. The summed E-state index contributed by atoms with van der Waals surface area (Å²) in [6.07, 6.45) is 3.44. The topological polar surface area (TPSA) is 81.7 Å². The molecular weight excluding hydrogens is 390 g/mol. The SMILES string of the molecule is COC(=O)c1c(NC(=O)COC(=O)CCc2ccccc2)sc2c1CC[C@@H](C)C2. The van der Waals surface area contributed by atoms with Crippen LogP contribution >= 0.6 is 11.3 Å². The first-order chi connectivity index (χ1) is 14.0. The lowest BCUT2D eigenvalue weighted by Gasteiger charge is -2.18. The summed E-state index contributed by atoms with van der Waals surface area (Å²) in [6, 6.07) is 9.61. The van der Waals surface area contributed by atoms with Crippen LogP contribution in [0.4, 0.5) is 5.00 Å². The third-order valence-electron chi connectivity index (χ3n) is 4.98. The van der Waals surface area contributed by atoms with Crippen LogP contribution < -0.4 is 5.32 Å². The summed E-state index contributed by atoms with van der Waals surface area (Å²) in [5.41, 5.74) is 2.44. The summed E-state index contributed by atoms with van der Waals surface area (Å²) in [5.74, 6) is -0.806. The highest BCUT2D eigenvalue weighted by atomic mass is 32.1. The molecule has 7 heteroatoms. The van der Waals surface area contributed by atoms with Crippen molar-refractivity contribution in [1.82, 2.24) is 0 Å². The summed E-state index contributed by atoms with van der Waals surface area (Å²) < 4.78 is 9.99. The molecule has 0 radical (unpaired) electrons. The van der Waals surface area contributed by atoms with Crippen LogP contribution in [-0.4, -0.2) is 31.6 Å². The Balaban J connectivity index is 1.57. The number of methoxy groups -OCH3 is 1. The average Bonchev–Trinajstić information content (AvgIpc) is 3.07. The van der Waals surface area contributed by atoms with Crippen LogP contribution in [0.2, 0.25) is 0 Å². The molecule has 2 aromatic rings. The van der Waals surface area contributed by atoms with Gasteiger partial charge in [-0.1, -0.05) is 37.3 Å². The Bertz CT molecular complexity index is 890. The molecular formula is C22H25NO5S. The molecule has 0 saturated heterocycles. The fraction of sp³-hybridized carbons (Fsp3) is 0.409. The van der Waals surface area contributed by atoms with Gasteiger partial charge in [0.1, 0.15) is 5.00 Å². The number of rotatable bonds is 7. The van der Waals surface area contributed by atoms with Crippen molar-refractivity contribution in [2.45, 2.75) is 39.0 Å². The molecule has 0 aliphatic heterocycles. The van der Waals surface area contributed by atoms with E-state index in [1.54, 1.807) is 0 Å². The highest BCUT2D eigenvalue weighted by Crippen LogP contribution is 2.40. The lowest BCUT2D eigenvalue weighted by molar-refractivity contribution is -0.147. The lowest BCUT2D eigenvalue weighted by atomic mass is 9.88. The molecule has 29 heavy (non-hydrogen) atoms. The second-order valence-electron chi connectivity index (χ2n) is 7.24. The van der Waals surface area contributed by atoms with E-state index in [2.05, 4.69) is 12.2 Å². The van der Waals surface area contributed by atoms with Gasteiger partial charge < -0.3 is 14.8 Å². The van der Waals surface area contributed by atoms with Crippen molar-refractivity contribution in [2.24, 2.45) is 5.92 Å². The first-order valence-electron chi connectivity index (χ1n) is 9.70. The predicted molar refractivity (Wildman–Crippen MR) is 111 cm³/mol. The van der Waals surface area contributed by atoms with Crippen molar-refractivity contribution in [2.75, 3.05) is 19.0 Å². The average molecular weight is 416 g/mol. The van der Waals surface area contributed by atoms with Crippen molar-refractivity contribution in [3.63, 3.8) is 0 Å². The van der Waals surface area contributed by atoms with Gasteiger partial charge in [0.2, 0.25) is 0 Å². The normalized spacial score (nSPS) is 15.3. The Morgan fingerprint density at radius 2 is 1.97 bits per heavy atom. The van der Waals surface area contributed by atoms with Gasteiger partial charge in [-0.05, 0) is 42.7 Å². The molecule has 1 aliphatic rings. The fourth-order valence-corrected chi connectivity index (χ4v) is 4.84. The van der Waals surface area contributed by atoms with Gasteiger partial charge in [0.25, 0.3) is 5.91 Å². The van der Waals surface area contributed by atoms with Crippen LogP contribution in [0, 0.1) is 5.92 Å². The monoisotopic (exact) mass is 415 g/mol. The van der Waals surface area contributed by atoms with Gasteiger partial charge in [-0.2, -0.15) is 0 Å². The van der Waals surface area contributed by atoms with Crippen LogP contribution in [0.15, 0.2) is 30.3 Å². The van der Waals surface area contributed by atoms with Gasteiger partial charge in [0.15, 0.2) is 6.61 Å². The molecule has 1 amide bonds. The summed E-state index contributed by atoms with van der Waals surface area (Å²) in [5, 5.41) is 3.20. The molecule has 1 aromatic heterocycles. The molecule has 1 aromatic carbocycles. The van der Waals surface area contributed by atoms with Gasteiger partial charge in [-0.15, -0.1) is 11.3 Å². The Morgan fingerprint density at radius 1 is 1.21 bits per heavy atom. The zero-order valence-electron chi connectivity index (χ0n) is 16.7.